The third-order valence-corrected chi connectivity index (χ3v) is 6.23. The maximum Gasteiger partial charge on any atom is 0.336 e. The van der Waals surface area contributed by atoms with Crippen LogP contribution in [0, 0.1) is 10.1 Å². The summed E-state index contributed by atoms with van der Waals surface area (Å²) in [6.45, 7) is 3.27. The molecule has 1 aliphatic rings. The lowest BCUT2D eigenvalue weighted by Gasteiger charge is -2.30. The Kier molecular flexibility index (Phi) is 8.43. The molecule has 1 unspecified atom stereocenters. The molecule has 0 saturated heterocycles. The van der Waals surface area contributed by atoms with Crippen molar-refractivity contribution in [2.75, 3.05) is 19.5 Å². The highest BCUT2D eigenvalue weighted by Gasteiger charge is 2.38. The molecule has 1 N–H and O–H groups in total. The number of ether oxygens (including phenoxy) is 2. The van der Waals surface area contributed by atoms with Gasteiger partial charge in [-0.1, -0.05) is 54.2 Å². The van der Waals surface area contributed by atoms with Crippen LogP contribution in [0.25, 0.3) is 0 Å². The molecule has 0 aromatic heterocycles. The standard InChI is InChI=1S/C25H24N2O7S/c1-15-20(23(28)33-3)22(18-10-7-11-19(14-18)27(31)32)21(16(2)26-15)24(29)34-12-13-35-25(30)17-8-5-4-6-9-17/h4-11,14,22,26H,12-13H2,1-3H3. The first-order valence-electron chi connectivity index (χ1n) is 10.6. The lowest BCUT2D eigenvalue weighted by atomic mass is 9.80. The Labute approximate surface area is 206 Å². The second-order valence-corrected chi connectivity index (χ2v) is 8.68. The van der Waals surface area contributed by atoms with Gasteiger partial charge in [-0.05, 0) is 19.4 Å². The van der Waals surface area contributed by atoms with Crippen LogP contribution in [0.4, 0.5) is 5.69 Å². The Balaban J connectivity index is 1.83. The number of methoxy groups -OCH3 is 1. The van der Waals surface area contributed by atoms with E-state index >= 15 is 0 Å². The number of esters is 2. The normalized spacial score (nSPS) is 15.3. The van der Waals surface area contributed by atoms with E-state index in [0.717, 1.165) is 11.8 Å². The van der Waals surface area contributed by atoms with E-state index in [-0.39, 0.29) is 34.3 Å². The van der Waals surface area contributed by atoms with E-state index in [1.165, 1.54) is 25.3 Å². The number of nitrogens with zero attached hydrogens (tertiary/aromatic N) is 1. The fraction of sp³-hybridized carbons (Fsp3) is 0.240. The zero-order chi connectivity index (χ0) is 25.5. The maximum atomic E-state index is 13.2. The number of hydrogen-bond acceptors (Lipinski definition) is 9. The van der Waals surface area contributed by atoms with Crippen LogP contribution in [0.5, 0.6) is 0 Å². The summed E-state index contributed by atoms with van der Waals surface area (Å²) in [5, 5.41) is 14.2. The third kappa shape index (κ3) is 5.96. The molecular formula is C25H24N2O7S. The van der Waals surface area contributed by atoms with Gasteiger partial charge in [-0.2, -0.15) is 0 Å². The molecule has 35 heavy (non-hydrogen) atoms. The molecule has 1 atom stereocenters. The second-order valence-electron chi connectivity index (χ2n) is 7.62. The number of benzene rings is 2. The van der Waals surface area contributed by atoms with Crippen LogP contribution < -0.4 is 5.32 Å². The minimum Gasteiger partial charge on any atom is -0.466 e. The SMILES string of the molecule is COC(=O)C1=C(C)NC(C)=C(C(=O)OCCSC(=O)c2ccccc2)C1c1cccc([N+](=O)[O-])c1. The van der Waals surface area contributed by atoms with E-state index in [1.54, 1.807) is 44.2 Å². The zero-order valence-electron chi connectivity index (χ0n) is 19.4. The van der Waals surface area contributed by atoms with Gasteiger partial charge in [0.25, 0.3) is 5.69 Å². The topological polar surface area (TPSA) is 125 Å². The van der Waals surface area contributed by atoms with Gasteiger partial charge < -0.3 is 14.8 Å². The van der Waals surface area contributed by atoms with Crippen LogP contribution in [0.1, 0.15) is 35.7 Å². The fourth-order valence-electron chi connectivity index (χ4n) is 3.80. The lowest BCUT2D eigenvalue weighted by molar-refractivity contribution is -0.384. The lowest BCUT2D eigenvalue weighted by Crippen LogP contribution is -2.32. The Hall–Kier alpha value is -3.92. The molecule has 0 fully saturated rings. The third-order valence-electron chi connectivity index (χ3n) is 5.36. The van der Waals surface area contributed by atoms with E-state index in [2.05, 4.69) is 5.32 Å². The molecule has 2 aromatic carbocycles. The number of nitro groups is 1. The number of nitrogens with one attached hydrogen (secondary N) is 1. The first kappa shape index (κ1) is 25.7. The number of thioether (sulfide) groups is 1. The maximum absolute atomic E-state index is 13.2. The van der Waals surface area contributed by atoms with Crippen molar-refractivity contribution in [1.29, 1.82) is 0 Å². The van der Waals surface area contributed by atoms with Crippen molar-refractivity contribution in [3.05, 3.63) is 98.4 Å². The molecule has 0 bridgehead atoms. The largest absolute Gasteiger partial charge is 0.466 e. The molecule has 182 valence electrons. The quantitative estimate of drug-likeness (QED) is 0.249. The molecule has 3 rings (SSSR count). The number of hydrogen-bond donors (Lipinski definition) is 1. The van der Waals surface area contributed by atoms with Gasteiger partial charge in [0.15, 0.2) is 0 Å². The van der Waals surface area contributed by atoms with Crippen molar-refractivity contribution in [1.82, 2.24) is 5.32 Å². The van der Waals surface area contributed by atoms with Gasteiger partial charge in [0.2, 0.25) is 5.12 Å². The molecule has 0 radical (unpaired) electrons. The van der Waals surface area contributed by atoms with Crippen molar-refractivity contribution in [2.24, 2.45) is 0 Å². The summed E-state index contributed by atoms with van der Waals surface area (Å²) in [4.78, 5) is 48.9. The smallest absolute Gasteiger partial charge is 0.336 e. The van der Waals surface area contributed by atoms with Crippen LogP contribution in [0.2, 0.25) is 0 Å². The van der Waals surface area contributed by atoms with Crippen molar-refractivity contribution >= 4 is 34.5 Å². The first-order valence-corrected chi connectivity index (χ1v) is 11.6. The number of dihydropyridines is 1. The van der Waals surface area contributed by atoms with Crippen molar-refractivity contribution in [3.63, 3.8) is 0 Å². The Morgan fingerprint density at radius 1 is 1.00 bits per heavy atom. The number of carbonyl (C=O) groups is 3. The monoisotopic (exact) mass is 496 g/mol. The minimum absolute atomic E-state index is 0.0449. The summed E-state index contributed by atoms with van der Waals surface area (Å²) in [6, 6.07) is 14.5. The molecule has 9 nitrogen and oxygen atoms in total. The second kappa shape index (κ2) is 11.5. The zero-order valence-corrected chi connectivity index (χ0v) is 20.2. The highest BCUT2D eigenvalue weighted by molar-refractivity contribution is 8.14. The van der Waals surface area contributed by atoms with E-state index < -0.39 is 22.8 Å². The summed E-state index contributed by atoms with van der Waals surface area (Å²) in [6.07, 6.45) is 0. The van der Waals surface area contributed by atoms with Crippen molar-refractivity contribution < 1.29 is 28.8 Å². The molecule has 0 spiro atoms. The van der Waals surface area contributed by atoms with Crippen LogP contribution in [-0.2, 0) is 19.1 Å². The Bertz CT molecular complexity index is 1220. The van der Waals surface area contributed by atoms with E-state index in [4.69, 9.17) is 9.47 Å². The van der Waals surface area contributed by atoms with Gasteiger partial charge >= 0.3 is 11.9 Å². The molecule has 1 heterocycles. The highest BCUT2D eigenvalue weighted by atomic mass is 32.2. The van der Waals surface area contributed by atoms with Crippen LogP contribution >= 0.6 is 11.8 Å². The summed E-state index contributed by atoms with van der Waals surface area (Å²) in [7, 11) is 1.22. The van der Waals surface area contributed by atoms with Gasteiger partial charge in [-0.15, -0.1) is 0 Å². The van der Waals surface area contributed by atoms with E-state index in [1.807, 2.05) is 6.07 Å². The molecule has 1 aliphatic heterocycles. The van der Waals surface area contributed by atoms with Crippen LogP contribution in [0.3, 0.4) is 0 Å². The first-order chi connectivity index (χ1) is 16.7. The number of nitro benzene ring substituents is 1. The van der Waals surface area contributed by atoms with Gasteiger partial charge in [0.05, 0.1) is 29.1 Å². The average molecular weight is 497 g/mol. The summed E-state index contributed by atoms with van der Waals surface area (Å²) in [5.41, 5.74) is 1.95. The Morgan fingerprint density at radius 2 is 1.66 bits per heavy atom. The molecular weight excluding hydrogens is 472 g/mol. The summed E-state index contributed by atoms with van der Waals surface area (Å²) < 4.78 is 10.4. The van der Waals surface area contributed by atoms with Crippen LogP contribution in [-0.4, -0.2) is 41.4 Å². The molecule has 0 aliphatic carbocycles. The summed E-state index contributed by atoms with van der Waals surface area (Å²) >= 11 is 1.02. The van der Waals surface area contributed by atoms with Crippen molar-refractivity contribution in [3.8, 4) is 0 Å². The molecule has 0 amide bonds. The van der Waals surface area contributed by atoms with Crippen LogP contribution in [0.15, 0.2) is 77.1 Å². The van der Waals surface area contributed by atoms with E-state index in [0.29, 0.717) is 22.5 Å². The average Bonchev–Trinajstić information content (AvgIpc) is 2.86. The Morgan fingerprint density at radius 3 is 2.29 bits per heavy atom. The molecule has 2 aromatic rings. The molecule has 10 heteroatoms. The number of allylic oxidation sites excluding steroid dienone is 2. The van der Waals surface area contributed by atoms with Gasteiger partial charge in [-0.3, -0.25) is 14.9 Å². The van der Waals surface area contributed by atoms with Gasteiger partial charge in [0, 0.05) is 34.8 Å². The molecule has 0 saturated carbocycles. The summed E-state index contributed by atoms with van der Waals surface area (Å²) in [5.74, 6) is -2.07. The van der Waals surface area contributed by atoms with E-state index in [9.17, 15) is 24.5 Å². The number of rotatable bonds is 8. The van der Waals surface area contributed by atoms with Gasteiger partial charge in [0.1, 0.15) is 6.61 Å². The number of carbonyl (C=O) groups excluding carboxylic acids is 3. The minimum atomic E-state index is -0.935. The fourth-order valence-corrected chi connectivity index (χ4v) is 4.46. The predicted octanol–water partition coefficient (Wildman–Crippen LogP) is 4.12. The van der Waals surface area contributed by atoms with Crippen molar-refractivity contribution in [2.45, 2.75) is 19.8 Å². The van der Waals surface area contributed by atoms with Gasteiger partial charge in [-0.25, -0.2) is 9.59 Å². The predicted molar refractivity (Wildman–Crippen MR) is 131 cm³/mol. The number of non-ortho nitro benzene ring substituents is 1. The highest BCUT2D eigenvalue weighted by Crippen LogP contribution is 2.40.